The van der Waals surface area contributed by atoms with Crippen molar-refractivity contribution in [1.29, 1.82) is 0 Å². The summed E-state index contributed by atoms with van der Waals surface area (Å²) in [6.45, 7) is 6.21. The number of benzene rings is 2. The van der Waals surface area contributed by atoms with E-state index in [1.54, 1.807) is 16.2 Å². The number of hydrogen-bond donors (Lipinski definition) is 0. The van der Waals surface area contributed by atoms with E-state index in [-0.39, 0.29) is 17.0 Å². The number of nitrogens with zero attached hydrogens (tertiary/aromatic N) is 2. The molecule has 4 heterocycles. The van der Waals surface area contributed by atoms with Gasteiger partial charge in [0.15, 0.2) is 0 Å². The lowest BCUT2D eigenvalue weighted by Crippen LogP contribution is -2.39. The van der Waals surface area contributed by atoms with E-state index in [2.05, 4.69) is 20.8 Å². The van der Waals surface area contributed by atoms with Crippen molar-refractivity contribution in [2.75, 3.05) is 0 Å². The maximum absolute atomic E-state index is 13.6. The lowest BCUT2D eigenvalue weighted by Gasteiger charge is -2.38. The zero-order chi connectivity index (χ0) is 25.4. The number of fused-ring (bicyclic) bond motifs is 6. The number of aryl methyl sites for hydroxylation is 2. The summed E-state index contributed by atoms with van der Waals surface area (Å²) in [6, 6.07) is 15.7. The molecule has 0 bridgehead atoms. The highest BCUT2D eigenvalue weighted by atomic mass is 16.5. The first-order valence-corrected chi connectivity index (χ1v) is 12.4. The highest BCUT2D eigenvalue weighted by Gasteiger charge is 2.38. The Morgan fingerprint density at radius 3 is 2.17 bits per heavy atom. The third kappa shape index (κ3) is 3.31. The molecule has 2 aliphatic rings. The average Bonchev–Trinajstić information content (AvgIpc) is 3.31. The van der Waals surface area contributed by atoms with Crippen molar-refractivity contribution >= 4 is 21.8 Å². The van der Waals surface area contributed by atoms with Crippen LogP contribution in [0.1, 0.15) is 50.7 Å². The maximum Gasteiger partial charge on any atom is 0.258 e. The zero-order valence-corrected chi connectivity index (χ0v) is 21.3. The number of aromatic nitrogens is 2. The van der Waals surface area contributed by atoms with Crippen LogP contribution in [0.2, 0.25) is 0 Å². The molecule has 1 unspecified atom stereocenters. The summed E-state index contributed by atoms with van der Waals surface area (Å²) < 4.78 is 16.2. The minimum absolute atomic E-state index is 0.0162. The Bertz CT molecular complexity index is 1720. The van der Waals surface area contributed by atoms with E-state index in [9.17, 15) is 9.59 Å². The van der Waals surface area contributed by atoms with Crippen LogP contribution in [0.4, 0.5) is 0 Å². The number of rotatable bonds is 2. The highest BCUT2D eigenvalue weighted by Crippen LogP contribution is 2.46. The number of para-hydroxylation sites is 2. The van der Waals surface area contributed by atoms with Gasteiger partial charge in [-0.05, 0) is 63.5 Å². The van der Waals surface area contributed by atoms with E-state index in [1.165, 1.54) is 0 Å². The van der Waals surface area contributed by atoms with Crippen molar-refractivity contribution in [3.63, 3.8) is 0 Å². The van der Waals surface area contributed by atoms with Gasteiger partial charge >= 0.3 is 0 Å². The van der Waals surface area contributed by atoms with Gasteiger partial charge in [0.1, 0.15) is 22.9 Å². The zero-order valence-electron chi connectivity index (χ0n) is 21.3. The molecular weight excluding hydrogens is 452 g/mol. The molecule has 0 fully saturated rings. The molecule has 0 saturated heterocycles. The molecule has 0 amide bonds. The second-order valence-electron chi connectivity index (χ2n) is 10.8. The first-order chi connectivity index (χ1) is 17.2. The molecule has 1 atom stereocenters. The van der Waals surface area contributed by atoms with E-state index < -0.39 is 5.60 Å². The first-order valence-electron chi connectivity index (χ1n) is 12.4. The van der Waals surface area contributed by atoms with Gasteiger partial charge < -0.3 is 18.6 Å². The van der Waals surface area contributed by atoms with Crippen LogP contribution in [0, 0.1) is 0 Å². The second-order valence-corrected chi connectivity index (χ2v) is 10.8. The van der Waals surface area contributed by atoms with Crippen molar-refractivity contribution in [1.82, 2.24) is 9.13 Å². The van der Waals surface area contributed by atoms with E-state index in [0.29, 0.717) is 29.9 Å². The van der Waals surface area contributed by atoms with Crippen molar-refractivity contribution in [3.8, 4) is 11.5 Å². The number of pyridine rings is 2. The van der Waals surface area contributed by atoms with Crippen LogP contribution >= 0.6 is 0 Å². The molecule has 0 saturated carbocycles. The van der Waals surface area contributed by atoms with E-state index in [1.807, 2.05) is 55.6 Å². The molecule has 6 heteroatoms. The Morgan fingerprint density at radius 1 is 0.917 bits per heavy atom. The minimum atomic E-state index is -0.413. The predicted molar refractivity (Wildman–Crippen MR) is 142 cm³/mol. The lowest BCUT2D eigenvalue weighted by molar-refractivity contribution is 0.0729. The molecule has 2 aliphatic heterocycles. The summed E-state index contributed by atoms with van der Waals surface area (Å²) >= 11 is 0. The van der Waals surface area contributed by atoms with Crippen LogP contribution in [-0.4, -0.2) is 14.7 Å². The standard InChI is InChI=1S/C30H30N2O4/c1-17(24-15-21-26(35-24)19-10-6-8-12-22(19)31(4)28(21)33)14-18-16-30(2,3)36-27-20-11-7-9-13-23(20)32(5)29(34)25(18)27/h6-13,18H,14-16H2,1-5H3. The normalized spacial score (nSPS) is 19.5. The molecule has 36 heavy (non-hydrogen) atoms. The van der Waals surface area contributed by atoms with Gasteiger partial charge in [0, 0.05) is 37.2 Å². The van der Waals surface area contributed by atoms with Crippen molar-refractivity contribution < 1.29 is 9.47 Å². The lowest BCUT2D eigenvalue weighted by atomic mass is 9.80. The Balaban J connectivity index is 1.45. The van der Waals surface area contributed by atoms with Crippen molar-refractivity contribution in [2.45, 2.75) is 51.6 Å². The number of ether oxygens (including phenoxy) is 2. The van der Waals surface area contributed by atoms with Crippen LogP contribution in [0.15, 0.2) is 69.5 Å². The molecule has 184 valence electrons. The smallest absolute Gasteiger partial charge is 0.258 e. The summed E-state index contributed by atoms with van der Waals surface area (Å²) in [5, 5.41) is 1.90. The Kier molecular flexibility index (Phi) is 4.94. The van der Waals surface area contributed by atoms with Gasteiger partial charge in [-0.1, -0.05) is 24.3 Å². The van der Waals surface area contributed by atoms with Gasteiger partial charge in [0.25, 0.3) is 11.1 Å². The second kappa shape index (κ2) is 7.85. The fourth-order valence-electron chi connectivity index (χ4n) is 5.99. The third-order valence-electron chi connectivity index (χ3n) is 7.75. The molecular formula is C30H30N2O4. The summed E-state index contributed by atoms with van der Waals surface area (Å²) in [5.74, 6) is 2.15. The summed E-state index contributed by atoms with van der Waals surface area (Å²) in [4.78, 5) is 26.6. The topological polar surface area (TPSA) is 62.5 Å². The first kappa shape index (κ1) is 22.7. The van der Waals surface area contributed by atoms with Crippen molar-refractivity contribution in [2.24, 2.45) is 14.1 Å². The van der Waals surface area contributed by atoms with Crippen molar-refractivity contribution in [3.05, 3.63) is 91.7 Å². The molecule has 6 rings (SSSR count). The van der Waals surface area contributed by atoms with Gasteiger partial charge in [-0.25, -0.2) is 0 Å². The molecule has 0 N–H and O–H groups in total. The van der Waals surface area contributed by atoms with E-state index in [4.69, 9.17) is 9.47 Å². The molecule has 0 spiro atoms. The Labute approximate surface area is 209 Å². The van der Waals surface area contributed by atoms with Gasteiger partial charge in [0.2, 0.25) is 0 Å². The summed E-state index contributed by atoms with van der Waals surface area (Å²) in [6.07, 6.45) is 1.85. The fourth-order valence-corrected chi connectivity index (χ4v) is 5.99. The Hall–Kier alpha value is -3.80. The largest absolute Gasteiger partial charge is 0.487 e. The third-order valence-corrected chi connectivity index (χ3v) is 7.75. The molecule has 0 aliphatic carbocycles. The summed E-state index contributed by atoms with van der Waals surface area (Å²) in [7, 11) is 3.63. The van der Waals surface area contributed by atoms with E-state index in [0.717, 1.165) is 45.1 Å². The highest BCUT2D eigenvalue weighted by molar-refractivity contribution is 5.88. The van der Waals surface area contributed by atoms with Crippen LogP contribution in [0.3, 0.4) is 0 Å². The predicted octanol–water partition coefficient (Wildman–Crippen LogP) is 5.33. The minimum Gasteiger partial charge on any atom is -0.487 e. The fraction of sp³-hybridized carbons (Fsp3) is 0.333. The molecule has 2 aromatic heterocycles. The number of hydrogen-bond acceptors (Lipinski definition) is 4. The van der Waals surface area contributed by atoms with Gasteiger partial charge in [0.05, 0.1) is 22.2 Å². The van der Waals surface area contributed by atoms with Gasteiger partial charge in [-0.15, -0.1) is 0 Å². The quantitative estimate of drug-likeness (QED) is 0.387. The SMILES string of the molecule is CC(CC1CC(C)(C)Oc2c1c(=O)n(C)c1ccccc21)=C1Cc2c(c3ccccc3n(C)c2=O)O1. The van der Waals surface area contributed by atoms with Crippen LogP contribution in [0.25, 0.3) is 21.8 Å². The summed E-state index contributed by atoms with van der Waals surface area (Å²) in [5.41, 5.74) is 3.75. The maximum atomic E-state index is 13.6. The average molecular weight is 483 g/mol. The van der Waals surface area contributed by atoms with E-state index >= 15 is 0 Å². The van der Waals surface area contributed by atoms with Gasteiger partial charge in [-0.2, -0.15) is 0 Å². The Morgan fingerprint density at radius 2 is 1.50 bits per heavy atom. The molecule has 2 aromatic carbocycles. The monoisotopic (exact) mass is 482 g/mol. The van der Waals surface area contributed by atoms with Crippen LogP contribution < -0.4 is 20.6 Å². The molecule has 0 radical (unpaired) electrons. The van der Waals surface area contributed by atoms with Crippen LogP contribution in [-0.2, 0) is 20.5 Å². The van der Waals surface area contributed by atoms with Gasteiger partial charge in [-0.3, -0.25) is 9.59 Å². The molecule has 4 aromatic rings. The van der Waals surface area contributed by atoms with Crippen LogP contribution in [0.5, 0.6) is 11.5 Å². The number of allylic oxidation sites excluding steroid dienone is 2. The molecule has 6 nitrogen and oxygen atoms in total.